The molecule has 8 nitrogen and oxygen atoms in total. The number of amides is 2. The molecule has 0 bridgehead atoms. The highest BCUT2D eigenvalue weighted by Gasteiger charge is 2.50. The van der Waals surface area contributed by atoms with Gasteiger partial charge in [0, 0.05) is 12.0 Å². The Kier molecular flexibility index (Phi) is 6.61. The van der Waals surface area contributed by atoms with Crippen molar-refractivity contribution in [2.45, 2.75) is 26.3 Å². The molecule has 1 fully saturated rings. The second-order valence-electron chi connectivity index (χ2n) is 8.11. The average Bonchev–Trinajstić information content (AvgIpc) is 2.90. The summed E-state index contributed by atoms with van der Waals surface area (Å²) in [4.78, 5) is 37.8. The second-order valence-corrected chi connectivity index (χ2v) is 10.3. The van der Waals surface area contributed by atoms with E-state index in [-0.39, 0.29) is 28.4 Å². The third-order valence-corrected chi connectivity index (χ3v) is 7.41. The van der Waals surface area contributed by atoms with E-state index < -0.39 is 39.3 Å². The van der Waals surface area contributed by atoms with Gasteiger partial charge in [-0.1, -0.05) is 41.9 Å². The highest BCUT2D eigenvalue weighted by Crippen LogP contribution is 2.39. The van der Waals surface area contributed by atoms with Gasteiger partial charge in [0.1, 0.15) is 6.04 Å². The van der Waals surface area contributed by atoms with Crippen LogP contribution in [0.4, 0.5) is 5.69 Å². The second kappa shape index (κ2) is 8.91. The molecule has 1 N–H and O–H groups in total. The van der Waals surface area contributed by atoms with Crippen molar-refractivity contribution in [2.75, 3.05) is 17.2 Å². The fourth-order valence-corrected chi connectivity index (χ4v) is 5.85. The molecule has 1 aliphatic heterocycles. The first-order chi connectivity index (χ1) is 15.0. The predicted octanol–water partition coefficient (Wildman–Crippen LogP) is 2.56. The Bertz CT molecular complexity index is 1160. The molecule has 0 unspecified atom stereocenters. The van der Waals surface area contributed by atoms with E-state index in [0.29, 0.717) is 4.31 Å². The van der Waals surface area contributed by atoms with E-state index in [2.05, 4.69) is 5.32 Å². The molecule has 10 heteroatoms. The van der Waals surface area contributed by atoms with Crippen LogP contribution < -0.4 is 9.62 Å². The standard InChI is InChI=1S/C22H23ClN2O6S/c1-22(2)13-32(29,30)25(21(22)28)18-12-15(9-10-16(18)23)19(26)24-17(20(27)31-3)11-14-7-5-4-6-8-14/h4-10,12,17H,11,13H2,1-3H3,(H,24,26)/t17-/m0/s1. The number of carbonyl (C=O) groups excluding carboxylic acids is 3. The van der Waals surface area contributed by atoms with Gasteiger partial charge >= 0.3 is 5.97 Å². The molecule has 1 aliphatic rings. The summed E-state index contributed by atoms with van der Waals surface area (Å²) in [6, 6.07) is 12.1. The van der Waals surface area contributed by atoms with Crippen molar-refractivity contribution in [2.24, 2.45) is 5.41 Å². The van der Waals surface area contributed by atoms with Crippen LogP contribution in [-0.4, -0.2) is 45.1 Å². The third-order valence-electron chi connectivity index (χ3n) is 5.09. The van der Waals surface area contributed by atoms with Gasteiger partial charge < -0.3 is 10.1 Å². The van der Waals surface area contributed by atoms with Gasteiger partial charge in [0.2, 0.25) is 15.9 Å². The molecular weight excluding hydrogens is 456 g/mol. The smallest absolute Gasteiger partial charge is 0.328 e. The molecule has 32 heavy (non-hydrogen) atoms. The van der Waals surface area contributed by atoms with E-state index in [1.165, 1.54) is 39.2 Å². The van der Waals surface area contributed by atoms with Crippen LogP contribution in [0.5, 0.6) is 0 Å². The summed E-state index contributed by atoms with van der Waals surface area (Å²) in [6.45, 7) is 3.06. The Morgan fingerprint density at radius 1 is 1.19 bits per heavy atom. The van der Waals surface area contributed by atoms with Crippen molar-refractivity contribution in [3.63, 3.8) is 0 Å². The Hall–Kier alpha value is -2.91. The van der Waals surface area contributed by atoms with E-state index in [4.69, 9.17) is 16.3 Å². The SMILES string of the molecule is COC(=O)[C@H](Cc1ccccc1)NC(=O)c1ccc(Cl)c(N2C(=O)C(C)(C)CS2(=O)=O)c1. The molecule has 0 aliphatic carbocycles. The molecule has 170 valence electrons. The zero-order valence-electron chi connectivity index (χ0n) is 17.8. The van der Waals surface area contributed by atoms with Crippen LogP contribution >= 0.6 is 11.6 Å². The number of halogens is 1. The monoisotopic (exact) mass is 478 g/mol. The molecular formula is C22H23ClN2O6S. The third kappa shape index (κ3) is 4.78. The lowest BCUT2D eigenvalue weighted by Crippen LogP contribution is -2.43. The van der Waals surface area contributed by atoms with Crippen LogP contribution in [-0.2, 0) is 30.8 Å². The maximum atomic E-state index is 12.9. The molecule has 2 aromatic rings. The minimum atomic E-state index is -3.95. The van der Waals surface area contributed by atoms with Gasteiger partial charge in [0.25, 0.3) is 5.91 Å². The van der Waals surface area contributed by atoms with Crippen LogP contribution in [0.15, 0.2) is 48.5 Å². The van der Waals surface area contributed by atoms with Crippen molar-refractivity contribution in [1.82, 2.24) is 5.32 Å². The molecule has 0 radical (unpaired) electrons. The minimum Gasteiger partial charge on any atom is -0.467 e. The van der Waals surface area contributed by atoms with Gasteiger partial charge in [-0.2, -0.15) is 0 Å². The van der Waals surface area contributed by atoms with Crippen LogP contribution in [0.1, 0.15) is 29.8 Å². The zero-order chi connectivity index (χ0) is 23.7. The highest BCUT2D eigenvalue weighted by atomic mass is 35.5. The normalized spacial score (nSPS) is 17.6. The van der Waals surface area contributed by atoms with Gasteiger partial charge in [-0.05, 0) is 37.6 Å². The Labute approximate surface area is 191 Å². The minimum absolute atomic E-state index is 0.00461. The van der Waals surface area contributed by atoms with Crippen molar-refractivity contribution in [3.05, 3.63) is 64.7 Å². The molecule has 0 aromatic heterocycles. The van der Waals surface area contributed by atoms with Crippen LogP contribution in [0, 0.1) is 5.41 Å². The summed E-state index contributed by atoms with van der Waals surface area (Å²) < 4.78 is 30.7. The number of anilines is 1. The highest BCUT2D eigenvalue weighted by molar-refractivity contribution is 7.94. The summed E-state index contributed by atoms with van der Waals surface area (Å²) in [6.07, 6.45) is 0.201. The van der Waals surface area contributed by atoms with Crippen LogP contribution in [0.2, 0.25) is 5.02 Å². The number of benzene rings is 2. The molecule has 2 amide bonds. The maximum Gasteiger partial charge on any atom is 0.328 e. The van der Waals surface area contributed by atoms with Gasteiger partial charge in [-0.15, -0.1) is 0 Å². The number of esters is 1. The maximum absolute atomic E-state index is 12.9. The summed E-state index contributed by atoms with van der Waals surface area (Å²) in [7, 11) is -2.73. The largest absolute Gasteiger partial charge is 0.467 e. The fourth-order valence-electron chi connectivity index (χ4n) is 3.48. The van der Waals surface area contributed by atoms with Gasteiger partial charge in [-0.3, -0.25) is 9.59 Å². The molecule has 0 spiro atoms. The quantitative estimate of drug-likeness (QED) is 0.639. The zero-order valence-corrected chi connectivity index (χ0v) is 19.4. The topological polar surface area (TPSA) is 110 Å². The first-order valence-electron chi connectivity index (χ1n) is 9.76. The summed E-state index contributed by atoms with van der Waals surface area (Å²) in [5.74, 6) is -2.27. The number of ether oxygens (including phenoxy) is 1. The van der Waals surface area contributed by atoms with Crippen molar-refractivity contribution in [3.8, 4) is 0 Å². The number of nitrogens with zero attached hydrogens (tertiary/aromatic N) is 1. The lowest BCUT2D eigenvalue weighted by molar-refractivity contribution is -0.142. The average molecular weight is 479 g/mol. The Balaban J connectivity index is 1.90. The molecule has 2 aromatic carbocycles. The van der Waals surface area contributed by atoms with Gasteiger partial charge in [0.05, 0.1) is 29.0 Å². The molecule has 3 rings (SSSR count). The number of methoxy groups -OCH3 is 1. The number of rotatable bonds is 6. The number of nitrogens with one attached hydrogen (secondary N) is 1. The van der Waals surface area contributed by atoms with Crippen molar-refractivity contribution in [1.29, 1.82) is 0 Å². The number of carbonyl (C=O) groups is 3. The lowest BCUT2D eigenvalue weighted by atomic mass is 9.95. The molecule has 1 atom stereocenters. The van der Waals surface area contributed by atoms with E-state index in [1.807, 2.05) is 30.3 Å². The van der Waals surface area contributed by atoms with Gasteiger partial charge in [0.15, 0.2) is 0 Å². The van der Waals surface area contributed by atoms with Crippen LogP contribution in [0.3, 0.4) is 0 Å². The summed E-state index contributed by atoms with van der Waals surface area (Å²) >= 11 is 6.19. The van der Waals surface area contributed by atoms with E-state index in [0.717, 1.165) is 5.56 Å². The summed E-state index contributed by atoms with van der Waals surface area (Å²) in [5, 5.41) is 2.61. The molecule has 0 saturated carbocycles. The number of hydrogen-bond acceptors (Lipinski definition) is 6. The number of hydrogen-bond donors (Lipinski definition) is 1. The molecule has 1 saturated heterocycles. The first-order valence-corrected chi connectivity index (χ1v) is 11.7. The predicted molar refractivity (Wildman–Crippen MR) is 120 cm³/mol. The number of sulfonamides is 1. The van der Waals surface area contributed by atoms with Crippen LogP contribution in [0.25, 0.3) is 0 Å². The Morgan fingerprint density at radius 3 is 2.41 bits per heavy atom. The van der Waals surface area contributed by atoms with E-state index in [1.54, 1.807) is 0 Å². The van der Waals surface area contributed by atoms with E-state index >= 15 is 0 Å². The molecule has 1 heterocycles. The van der Waals surface area contributed by atoms with E-state index in [9.17, 15) is 22.8 Å². The first kappa shape index (κ1) is 23.7. The van der Waals surface area contributed by atoms with Crippen molar-refractivity contribution < 1.29 is 27.5 Å². The van der Waals surface area contributed by atoms with Crippen molar-refractivity contribution >= 4 is 45.1 Å². The summed E-state index contributed by atoms with van der Waals surface area (Å²) in [5.41, 5.74) is -0.367. The lowest BCUT2D eigenvalue weighted by Gasteiger charge is -2.20. The Morgan fingerprint density at radius 2 is 1.84 bits per heavy atom. The van der Waals surface area contributed by atoms with Gasteiger partial charge in [-0.25, -0.2) is 17.5 Å². The fraction of sp³-hybridized carbons (Fsp3) is 0.318.